The van der Waals surface area contributed by atoms with E-state index in [0.29, 0.717) is 0 Å². The Kier molecular flexibility index (Phi) is 34.6. The summed E-state index contributed by atoms with van der Waals surface area (Å²) in [6, 6.07) is 0. The maximum absolute atomic E-state index is 9.29. The average Bonchev–Trinajstić information content (AvgIpc) is 1.65. The van der Waals surface area contributed by atoms with Crippen LogP contribution in [0.5, 0.6) is 0 Å². The van der Waals surface area contributed by atoms with Crippen molar-refractivity contribution in [3.05, 3.63) is 0 Å². The van der Waals surface area contributed by atoms with E-state index in [1.807, 2.05) is 0 Å². The number of hydrogen-bond acceptors (Lipinski definition) is 2. The van der Waals surface area contributed by atoms with E-state index < -0.39 is 11.9 Å². The zero-order valence-corrected chi connectivity index (χ0v) is 7.10. The maximum Gasteiger partial charge on any atom is 0 e. The summed E-state index contributed by atoms with van der Waals surface area (Å²) in [4.78, 5) is 18.3. The van der Waals surface area contributed by atoms with Crippen LogP contribution in [0.15, 0.2) is 0 Å². The molecule has 0 aromatic rings. The molecule has 0 aromatic heterocycles. The van der Waals surface area contributed by atoms with Gasteiger partial charge in [0.15, 0.2) is 0 Å². The minimum atomic E-state index is -0.884. The van der Waals surface area contributed by atoms with Crippen LogP contribution in [0, 0.1) is 0 Å². The Balaban J connectivity index is -0.0000000383. The van der Waals surface area contributed by atoms with Crippen LogP contribution >= 0.6 is 0 Å². The van der Waals surface area contributed by atoms with Crippen LogP contribution in [0.3, 0.4) is 0 Å². The molecule has 0 amide bonds. The summed E-state index contributed by atoms with van der Waals surface area (Å²) < 4.78 is 0. The van der Waals surface area contributed by atoms with Crippen molar-refractivity contribution in [2.45, 2.75) is 12.3 Å². The minimum Gasteiger partial charge on any atom is 0 e. The molecular weight excluding hydrogens is 237 g/mol. The predicted molar refractivity (Wildman–Crippen MR) is 32.9 cm³/mol. The van der Waals surface area contributed by atoms with Gasteiger partial charge in [-0.1, -0.05) is 0 Å². The van der Waals surface area contributed by atoms with Gasteiger partial charge in [0, 0.05) is 23.4 Å². The van der Waals surface area contributed by atoms with Crippen molar-refractivity contribution < 1.29 is 52.0 Å². The van der Waals surface area contributed by atoms with Gasteiger partial charge in [-0.05, 0) is 0 Å². The van der Waals surface area contributed by atoms with Crippen LogP contribution in [0.2, 0.25) is 5.36 Å². The fraction of sp³-hybridized carbons (Fsp3) is 0.500. The number of aliphatic carboxylic acids is 2. The zero-order valence-electron chi connectivity index (χ0n) is 5.07. The molecule has 11 heavy (non-hydrogen) atoms. The van der Waals surface area contributed by atoms with E-state index in [9.17, 15) is 4.79 Å². The zero-order chi connectivity index (χ0) is 7.86. The predicted octanol–water partition coefficient (Wildman–Crippen LogP) is -0.524. The van der Waals surface area contributed by atoms with Crippen molar-refractivity contribution in [3.63, 3.8) is 0 Å². The van der Waals surface area contributed by atoms with E-state index in [1.54, 1.807) is 0 Å². The van der Waals surface area contributed by atoms with Crippen molar-refractivity contribution in [3.8, 4) is 0 Å². The van der Waals surface area contributed by atoms with Gasteiger partial charge in [-0.3, -0.25) is 4.79 Å². The number of carbonyl (C=O) groups is 2. The van der Waals surface area contributed by atoms with Gasteiger partial charge in [-0.25, -0.2) is 0 Å². The molecule has 68 valence electrons. The molecule has 0 aliphatic rings. The molecular formula is C4H8CoLiNiO4. The molecule has 0 rings (SSSR count). The molecule has 0 radical (unpaired) electrons. The fourth-order valence-electron chi connectivity index (χ4n) is 0. The Hall–Kier alpha value is 0.537. The first-order chi connectivity index (χ1) is 4.00. The summed E-state index contributed by atoms with van der Waals surface area (Å²) in [5.74, 6) is -1.72. The Morgan fingerprint density at radius 3 is 1.45 bits per heavy atom. The first-order valence-corrected chi connectivity index (χ1v) is 2.68. The van der Waals surface area contributed by atoms with Gasteiger partial charge in [-0.2, -0.15) is 0 Å². The second-order valence-corrected chi connectivity index (χ2v) is 1.40. The van der Waals surface area contributed by atoms with Crippen LogP contribution in [-0.4, -0.2) is 41.0 Å². The van der Waals surface area contributed by atoms with E-state index in [4.69, 9.17) is 15.0 Å². The number of hydrogen-bond donors (Lipinski definition) is 2. The molecule has 0 aliphatic heterocycles. The molecule has 0 heterocycles. The summed E-state index contributed by atoms with van der Waals surface area (Å²) in [6.45, 7) is 1.08. The standard InChI is InChI=1S/C2H4O2.C2H3O2.Co.Li.Ni.H/c2*1-2(3)4;;;;/h1H3,(H,3,4);1H2,(H,3,4);;;;. The molecule has 0 aromatic carbocycles. The van der Waals surface area contributed by atoms with Crippen molar-refractivity contribution in [2.24, 2.45) is 0 Å². The normalized spacial score (nSPS) is 5.73. The SMILES string of the molecule is CC(=O)O.O=C(O)[CH2][Co].[LiH].[Ni]. The summed E-state index contributed by atoms with van der Waals surface area (Å²) in [5, 5.41) is 15.0. The van der Waals surface area contributed by atoms with Gasteiger partial charge in [-0.15, -0.1) is 0 Å². The van der Waals surface area contributed by atoms with Crippen molar-refractivity contribution in [2.75, 3.05) is 0 Å². The first-order valence-electron chi connectivity index (χ1n) is 1.94. The van der Waals surface area contributed by atoms with Crippen LogP contribution in [-0.2, 0) is 41.8 Å². The Morgan fingerprint density at radius 1 is 1.36 bits per heavy atom. The summed E-state index contributed by atoms with van der Waals surface area (Å²) >= 11 is 3.46. The topological polar surface area (TPSA) is 74.6 Å². The number of rotatable bonds is 1. The molecule has 7 heteroatoms. The van der Waals surface area contributed by atoms with Gasteiger partial charge in [0.25, 0.3) is 5.97 Å². The van der Waals surface area contributed by atoms with Crippen LogP contribution in [0.1, 0.15) is 6.92 Å². The van der Waals surface area contributed by atoms with Crippen LogP contribution < -0.4 is 0 Å². The van der Waals surface area contributed by atoms with E-state index in [1.165, 1.54) is 0 Å². The van der Waals surface area contributed by atoms with E-state index in [0.717, 1.165) is 6.92 Å². The van der Waals surface area contributed by atoms with Gasteiger partial charge in [0.1, 0.15) is 0 Å². The van der Waals surface area contributed by atoms with E-state index >= 15 is 0 Å². The molecule has 0 spiro atoms. The third-order valence-electron chi connectivity index (χ3n) is 0.101. The number of carboxylic acids is 2. The third kappa shape index (κ3) is 119. The molecule has 2 N–H and O–H groups in total. The molecule has 0 unspecified atom stereocenters. The van der Waals surface area contributed by atoms with Crippen molar-refractivity contribution in [1.82, 2.24) is 0 Å². The van der Waals surface area contributed by atoms with Gasteiger partial charge in [0.2, 0.25) is 0 Å². The summed E-state index contributed by atoms with van der Waals surface area (Å²) in [6.07, 6.45) is 0. The molecule has 0 bridgehead atoms. The minimum absolute atomic E-state index is 0. The Bertz CT molecular complexity index is 106. The number of carboxylic acid groups (broad SMARTS) is 2. The Labute approximate surface area is 94.8 Å². The average molecular weight is 245 g/mol. The fourth-order valence-corrected chi connectivity index (χ4v) is 0. The monoisotopic (exact) mass is 244 g/mol. The van der Waals surface area contributed by atoms with E-state index in [-0.39, 0.29) is 40.7 Å². The van der Waals surface area contributed by atoms with E-state index in [2.05, 4.69) is 15.7 Å². The molecule has 0 saturated carbocycles. The van der Waals surface area contributed by atoms with Gasteiger partial charge < -0.3 is 5.11 Å². The Morgan fingerprint density at radius 2 is 1.45 bits per heavy atom. The molecule has 0 saturated heterocycles. The van der Waals surface area contributed by atoms with Crippen molar-refractivity contribution >= 4 is 30.8 Å². The quantitative estimate of drug-likeness (QED) is 0.609. The first kappa shape index (κ1) is 22.5. The third-order valence-corrected chi connectivity index (χ3v) is 0.416. The largest absolute Gasteiger partial charge is 0 e. The van der Waals surface area contributed by atoms with Crippen molar-refractivity contribution in [1.29, 1.82) is 0 Å². The van der Waals surface area contributed by atoms with Crippen LogP contribution in [0.25, 0.3) is 0 Å². The van der Waals surface area contributed by atoms with Gasteiger partial charge in [0.05, 0.1) is 0 Å². The molecule has 0 fully saturated rings. The smallest absolute Gasteiger partial charge is 0 e. The summed E-state index contributed by atoms with van der Waals surface area (Å²) in [7, 11) is 0. The second kappa shape index (κ2) is 16.9. The summed E-state index contributed by atoms with van der Waals surface area (Å²) in [5.41, 5.74) is 0. The molecule has 0 aliphatic carbocycles. The van der Waals surface area contributed by atoms with Crippen LogP contribution in [0.4, 0.5) is 0 Å². The maximum atomic E-state index is 9.29. The molecule has 0 atom stereocenters. The molecule has 4 nitrogen and oxygen atoms in total. The second-order valence-electron chi connectivity index (χ2n) is 1.03. The van der Waals surface area contributed by atoms with Gasteiger partial charge >= 0.3 is 55.8 Å².